The minimum atomic E-state index is -0.336. The van der Waals surface area contributed by atoms with Crippen molar-refractivity contribution < 1.29 is 9.59 Å². The largest absolute Gasteiger partial charge is 0.352 e. The second-order valence-electron chi connectivity index (χ2n) is 6.59. The van der Waals surface area contributed by atoms with Crippen LogP contribution < -0.4 is 15.5 Å². The molecule has 1 aromatic heterocycles. The fourth-order valence-electron chi connectivity index (χ4n) is 2.40. The lowest BCUT2D eigenvalue weighted by Crippen LogP contribution is -2.40. The van der Waals surface area contributed by atoms with E-state index in [1.165, 1.54) is 0 Å². The zero-order valence-electron chi connectivity index (χ0n) is 17.6. The van der Waals surface area contributed by atoms with Gasteiger partial charge < -0.3 is 15.5 Å². The third-order valence-corrected chi connectivity index (χ3v) is 5.34. The second-order valence-corrected chi connectivity index (χ2v) is 7.68. The molecule has 1 atom stereocenters. The summed E-state index contributed by atoms with van der Waals surface area (Å²) in [6, 6.07) is 10.2. The minimum absolute atomic E-state index is 0.0131. The maximum atomic E-state index is 12.4. The molecule has 0 aliphatic rings. The van der Waals surface area contributed by atoms with Crippen molar-refractivity contribution in [2.45, 2.75) is 19.9 Å². The van der Waals surface area contributed by atoms with Crippen molar-refractivity contribution in [3.8, 4) is 0 Å². The van der Waals surface area contributed by atoms with Gasteiger partial charge in [0.25, 0.3) is 11.8 Å². The molecule has 1 heterocycles. The molecule has 0 radical (unpaired) electrons. The van der Waals surface area contributed by atoms with Crippen LogP contribution in [0.15, 0.2) is 67.5 Å². The molecule has 1 aromatic carbocycles. The first-order valence-electron chi connectivity index (χ1n) is 9.32. The van der Waals surface area contributed by atoms with E-state index < -0.39 is 0 Å². The van der Waals surface area contributed by atoms with Crippen molar-refractivity contribution in [1.29, 1.82) is 0 Å². The van der Waals surface area contributed by atoms with Gasteiger partial charge in [0.05, 0.1) is 15.8 Å². The number of hydrogen-bond donors (Lipinski definition) is 2. The van der Waals surface area contributed by atoms with E-state index in [-0.39, 0.29) is 30.3 Å². The minimum Gasteiger partial charge on any atom is -0.352 e. The lowest BCUT2D eigenvalue weighted by molar-refractivity contribution is 0.0931. The standard InChI is InChI=1S/C20H24N4O3S.C2H4/c1-5-24(4)15-8-6-14(7-9-15)22-19(25)17-10-11-18(28-17)20(26)23-16(12-21-27)13(2)3;1-2/h5-11,13,16H,1,12H2,2-4H3,(H,22,25)(H,23,26);1-2H2. The van der Waals surface area contributed by atoms with Gasteiger partial charge in [0.2, 0.25) is 0 Å². The van der Waals surface area contributed by atoms with Gasteiger partial charge in [0.15, 0.2) is 0 Å². The number of benzene rings is 1. The van der Waals surface area contributed by atoms with Crippen LogP contribution in [0.3, 0.4) is 0 Å². The molecule has 0 saturated heterocycles. The molecule has 2 N–H and O–H groups in total. The van der Waals surface area contributed by atoms with Crippen LogP contribution in [-0.4, -0.2) is 31.4 Å². The van der Waals surface area contributed by atoms with Crippen molar-refractivity contribution in [2.24, 2.45) is 11.1 Å². The molecule has 0 aliphatic carbocycles. The van der Waals surface area contributed by atoms with Gasteiger partial charge in [-0.2, -0.15) is 4.91 Å². The number of nitroso groups, excluding NO2 is 1. The lowest BCUT2D eigenvalue weighted by atomic mass is 10.0. The Labute approximate surface area is 181 Å². The summed E-state index contributed by atoms with van der Waals surface area (Å²) in [5, 5.41) is 8.48. The predicted molar refractivity (Wildman–Crippen MR) is 125 cm³/mol. The maximum Gasteiger partial charge on any atom is 0.265 e. The summed E-state index contributed by atoms with van der Waals surface area (Å²) in [6.45, 7) is 13.5. The molecule has 0 aliphatic heterocycles. The average molecular weight is 429 g/mol. The van der Waals surface area contributed by atoms with Crippen molar-refractivity contribution >= 4 is 34.5 Å². The maximum absolute atomic E-state index is 12.4. The SMILES string of the molecule is C=C.C=CN(C)c1ccc(NC(=O)c2ccc(C(=O)NC(CN=O)C(C)C)s2)cc1. The Morgan fingerprint density at radius 3 is 2.17 bits per heavy atom. The van der Waals surface area contributed by atoms with Crippen LogP contribution in [0.5, 0.6) is 0 Å². The summed E-state index contributed by atoms with van der Waals surface area (Å²) >= 11 is 1.10. The number of carbonyl (C=O) groups is 2. The summed E-state index contributed by atoms with van der Waals surface area (Å²) < 4.78 is 0. The lowest BCUT2D eigenvalue weighted by Gasteiger charge is -2.18. The highest BCUT2D eigenvalue weighted by Gasteiger charge is 2.20. The van der Waals surface area contributed by atoms with E-state index in [4.69, 9.17) is 0 Å². The molecule has 1 unspecified atom stereocenters. The summed E-state index contributed by atoms with van der Waals surface area (Å²) in [6.07, 6.45) is 1.70. The first kappa shape index (κ1) is 24.8. The molecule has 2 rings (SSSR count). The molecule has 30 heavy (non-hydrogen) atoms. The van der Waals surface area contributed by atoms with Crippen molar-refractivity contribution in [2.75, 3.05) is 23.8 Å². The highest BCUT2D eigenvalue weighted by Crippen LogP contribution is 2.21. The number of amides is 2. The molecule has 0 spiro atoms. The molecular formula is C22H28N4O3S. The van der Waals surface area contributed by atoms with E-state index >= 15 is 0 Å². The van der Waals surface area contributed by atoms with Crippen LogP contribution in [0.2, 0.25) is 0 Å². The molecule has 2 aromatic rings. The summed E-state index contributed by atoms with van der Waals surface area (Å²) in [5.74, 6) is -0.528. The van der Waals surface area contributed by atoms with Gasteiger partial charge in [0, 0.05) is 18.4 Å². The van der Waals surface area contributed by atoms with Gasteiger partial charge in [-0.1, -0.05) is 25.6 Å². The third kappa shape index (κ3) is 6.97. The van der Waals surface area contributed by atoms with Gasteiger partial charge in [-0.25, -0.2) is 0 Å². The number of carbonyl (C=O) groups excluding carboxylic acids is 2. The molecular weight excluding hydrogens is 400 g/mol. The Kier molecular flexibility index (Phi) is 10.2. The topological polar surface area (TPSA) is 90.9 Å². The number of rotatable bonds is 9. The van der Waals surface area contributed by atoms with E-state index in [1.54, 1.807) is 30.5 Å². The molecule has 0 saturated carbocycles. The normalized spacial score (nSPS) is 10.9. The van der Waals surface area contributed by atoms with Crippen molar-refractivity contribution in [3.05, 3.63) is 77.0 Å². The molecule has 7 nitrogen and oxygen atoms in total. The van der Waals surface area contributed by atoms with Crippen molar-refractivity contribution in [3.63, 3.8) is 0 Å². The predicted octanol–water partition coefficient (Wildman–Crippen LogP) is 4.90. The Morgan fingerprint density at radius 1 is 1.10 bits per heavy atom. The van der Waals surface area contributed by atoms with E-state index in [2.05, 4.69) is 35.5 Å². The Hall–Kier alpha value is -3.26. The van der Waals surface area contributed by atoms with Gasteiger partial charge >= 0.3 is 0 Å². The Morgan fingerprint density at radius 2 is 1.67 bits per heavy atom. The smallest absolute Gasteiger partial charge is 0.265 e. The number of thiophene rings is 1. The molecule has 8 heteroatoms. The summed E-state index contributed by atoms with van der Waals surface area (Å²) in [4.78, 5) is 38.0. The second kappa shape index (κ2) is 12.3. The quantitative estimate of drug-likeness (QED) is 0.439. The Balaban J connectivity index is 0.00000218. The Bertz CT molecular complexity index is 862. The number of nitrogens with zero attached hydrogens (tertiary/aromatic N) is 2. The zero-order valence-corrected chi connectivity index (χ0v) is 18.4. The fourth-order valence-corrected chi connectivity index (χ4v) is 3.21. The third-order valence-electron chi connectivity index (χ3n) is 4.25. The monoisotopic (exact) mass is 428 g/mol. The zero-order chi connectivity index (χ0) is 22.7. The molecule has 160 valence electrons. The first-order chi connectivity index (χ1) is 14.3. The van der Waals surface area contributed by atoms with Gasteiger partial charge in [-0.05, 0) is 48.5 Å². The van der Waals surface area contributed by atoms with E-state index in [0.717, 1.165) is 17.0 Å². The van der Waals surface area contributed by atoms with Crippen LogP contribution in [-0.2, 0) is 0 Å². The van der Waals surface area contributed by atoms with E-state index in [9.17, 15) is 14.5 Å². The van der Waals surface area contributed by atoms with Gasteiger partial charge in [-0.3, -0.25) is 9.59 Å². The summed E-state index contributed by atoms with van der Waals surface area (Å²) in [7, 11) is 1.88. The number of nitrogens with one attached hydrogen (secondary N) is 2. The van der Waals surface area contributed by atoms with Crippen LogP contribution in [0.4, 0.5) is 11.4 Å². The van der Waals surface area contributed by atoms with Crippen LogP contribution in [0.1, 0.15) is 33.2 Å². The number of hydrogen-bond acceptors (Lipinski definition) is 6. The number of anilines is 2. The van der Waals surface area contributed by atoms with Crippen LogP contribution in [0, 0.1) is 10.8 Å². The van der Waals surface area contributed by atoms with Crippen LogP contribution >= 0.6 is 11.3 Å². The molecule has 0 fully saturated rings. The van der Waals surface area contributed by atoms with E-state index in [0.29, 0.717) is 15.4 Å². The molecule has 2 amide bonds. The van der Waals surface area contributed by atoms with Crippen LogP contribution in [0.25, 0.3) is 0 Å². The average Bonchev–Trinajstić information content (AvgIpc) is 3.25. The van der Waals surface area contributed by atoms with Gasteiger partial charge in [-0.15, -0.1) is 24.5 Å². The molecule has 0 bridgehead atoms. The summed E-state index contributed by atoms with van der Waals surface area (Å²) in [5.41, 5.74) is 1.61. The highest BCUT2D eigenvalue weighted by molar-refractivity contribution is 7.16. The fraction of sp³-hybridized carbons (Fsp3) is 0.273. The first-order valence-corrected chi connectivity index (χ1v) is 10.1. The van der Waals surface area contributed by atoms with Crippen molar-refractivity contribution in [1.82, 2.24) is 5.32 Å². The van der Waals surface area contributed by atoms with Gasteiger partial charge in [0.1, 0.15) is 6.54 Å². The van der Waals surface area contributed by atoms with E-state index in [1.807, 2.05) is 37.9 Å². The highest BCUT2D eigenvalue weighted by atomic mass is 32.1.